The molecule has 0 spiro atoms. The van der Waals surface area contributed by atoms with Crippen molar-refractivity contribution in [3.63, 3.8) is 0 Å². The van der Waals surface area contributed by atoms with Gasteiger partial charge in [0.25, 0.3) is 0 Å². The second-order valence-electron chi connectivity index (χ2n) is 6.86. The Kier molecular flexibility index (Phi) is 5.31. The molecule has 1 aromatic heterocycles. The molecule has 1 aromatic carbocycles. The first-order valence-corrected chi connectivity index (χ1v) is 9.51. The van der Waals surface area contributed by atoms with Crippen molar-refractivity contribution in [3.05, 3.63) is 41.4 Å². The molecule has 1 fully saturated rings. The molecule has 3 rings (SSSR count). The summed E-state index contributed by atoms with van der Waals surface area (Å²) in [6.45, 7) is 2.62. The molecule has 1 amide bonds. The molecular formula is C19H25N3OS. The van der Waals surface area contributed by atoms with E-state index in [1.807, 2.05) is 25.1 Å². The van der Waals surface area contributed by atoms with Gasteiger partial charge in [0.1, 0.15) is 5.01 Å². The molecule has 1 aliphatic carbocycles. The Morgan fingerprint density at radius 3 is 2.92 bits per heavy atom. The number of hydrogen-bond donors (Lipinski definition) is 2. The average molecular weight is 343 g/mol. The van der Waals surface area contributed by atoms with Gasteiger partial charge in [-0.3, -0.25) is 4.79 Å². The maximum Gasteiger partial charge on any atom is 0.224 e. The van der Waals surface area contributed by atoms with Crippen molar-refractivity contribution in [2.75, 3.05) is 6.54 Å². The molecule has 1 heterocycles. The van der Waals surface area contributed by atoms with Crippen LogP contribution in [0.25, 0.3) is 10.6 Å². The molecule has 3 N–H and O–H groups in total. The molecule has 128 valence electrons. The van der Waals surface area contributed by atoms with E-state index < -0.39 is 0 Å². The van der Waals surface area contributed by atoms with Gasteiger partial charge in [0.05, 0.1) is 11.6 Å². The Labute approximate surface area is 147 Å². The van der Waals surface area contributed by atoms with Crippen LogP contribution in [0.1, 0.15) is 38.3 Å². The molecule has 5 heteroatoms. The molecule has 0 saturated heterocycles. The molecule has 0 radical (unpaired) electrons. The highest BCUT2D eigenvalue weighted by molar-refractivity contribution is 7.13. The second-order valence-corrected chi connectivity index (χ2v) is 7.71. The summed E-state index contributed by atoms with van der Waals surface area (Å²) in [5.74, 6) is 0.0276. The van der Waals surface area contributed by atoms with Crippen molar-refractivity contribution in [2.45, 2.75) is 44.6 Å². The van der Waals surface area contributed by atoms with E-state index in [4.69, 9.17) is 5.73 Å². The van der Waals surface area contributed by atoms with Gasteiger partial charge in [-0.2, -0.15) is 0 Å². The molecule has 24 heavy (non-hydrogen) atoms. The quantitative estimate of drug-likeness (QED) is 0.874. The van der Waals surface area contributed by atoms with Gasteiger partial charge in [0.15, 0.2) is 0 Å². The van der Waals surface area contributed by atoms with E-state index in [0.29, 0.717) is 6.54 Å². The van der Waals surface area contributed by atoms with Crippen LogP contribution in [0, 0.1) is 5.92 Å². The maximum atomic E-state index is 12.4. The zero-order valence-electron chi connectivity index (χ0n) is 14.1. The molecule has 0 aliphatic heterocycles. The first-order chi connectivity index (χ1) is 11.6. The van der Waals surface area contributed by atoms with Crippen LogP contribution in [0.5, 0.6) is 0 Å². The van der Waals surface area contributed by atoms with Crippen molar-refractivity contribution in [1.29, 1.82) is 0 Å². The van der Waals surface area contributed by atoms with Crippen LogP contribution in [-0.4, -0.2) is 23.0 Å². The zero-order chi connectivity index (χ0) is 17.0. The Balaban J connectivity index is 1.52. The molecule has 1 saturated carbocycles. The number of amides is 1. The summed E-state index contributed by atoms with van der Waals surface area (Å²) in [7, 11) is 0. The number of carbonyl (C=O) groups excluding carboxylic acids is 1. The lowest BCUT2D eigenvalue weighted by atomic mass is 9.74. The van der Waals surface area contributed by atoms with Crippen LogP contribution in [0.15, 0.2) is 35.7 Å². The van der Waals surface area contributed by atoms with Gasteiger partial charge >= 0.3 is 0 Å². The number of nitrogens with two attached hydrogens (primary N) is 1. The number of thiazole rings is 1. The largest absolute Gasteiger partial charge is 0.355 e. The van der Waals surface area contributed by atoms with E-state index >= 15 is 0 Å². The number of hydrogen-bond acceptors (Lipinski definition) is 4. The summed E-state index contributed by atoms with van der Waals surface area (Å²) in [5.41, 5.74) is 8.09. The smallest absolute Gasteiger partial charge is 0.224 e. The maximum absolute atomic E-state index is 12.4. The number of carbonyl (C=O) groups is 1. The van der Waals surface area contributed by atoms with Crippen molar-refractivity contribution < 1.29 is 4.79 Å². The third kappa shape index (κ3) is 4.02. The predicted octanol–water partition coefficient (Wildman–Crippen LogP) is 3.38. The van der Waals surface area contributed by atoms with Crippen molar-refractivity contribution in [1.82, 2.24) is 10.3 Å². The van der Waals surface area contributed by atoms with Crippen molar-refractivity contribution in [3.8, 4) is 10.6 Å². The summed E-state index contributed by atoms with van der Waals surface area (Å²) < 4.78 is 0. The second kappa shape index (κ2) is 7.45. The van der Waals surface area contributed by atoms with E-state index in [-0.39, 0.29) is 17.4 Å². The number of rotatable bonds is 5. The van der Waals surface area contributed by atoms with Gasteiger partial charge in [-0.1, -0.05) is 43.2 Å². The normalized spacial score (nSPS) is 23.8. The van der Waals surface area contributed by atoms with Gasteiger partial charge in [0.2, 0.25) is 5.91 Å². The first kappa shape index (κ1) is 17.1. The summed E-state index contributed by atoms with van der Waals surface area (Å²) >= 11 is 1.65. The summed E-state index contributed by atoms with van der Waals surface area (Å²) in [6.07, 6.45) is 4.80. The van der Waals surface area contributed by atoms with Crippen LogP contribution in [0.3, 0.4) is 0 Å². The zero-order valence-corrected chi connectivity index (χ0v) is 14.9. The summed E-state index contributed by atoms with van der Waals surface area (Å²) in [4.78, 5) is 17.1. The third-order valence-corrected chi connectivity index (χ3v) is 5.76. The van der Waals surface area contributed by atoms with Crippen LogP contribution < -0.4 is 11.1 Å². The van der Waals surface area contributed by atoms with Gasteiger partial charge in [-0.25, -0.2) is 4.98 Å². The van der Waals surface area contributed by atoms with Crippen LogP contribution in [0.2, 0.25) is 0 Å². The monoisotopic (exact) mass is 343 g/mol. The Bertz CT molecular complexity index is 681. The van der Waals surface area contributed by atoms with Gasteiger partial charge < -0.3 is 11.1 Å². The molecule has 2 atom stereocenters. The van der Waals surface area contributed by atoms with E-state index in [0.717, 1.165) is 48.4 Å². The summed E-state index contributed by atoms with van der Waals surface area (Å²) in [5, 5.41) is 6.15. The van der Waals surface area contributed by atoms with E-state index in [1.165, 1.54) is 0 Å². The lowest BCUT2D eigenvalue weighted by Crippen LogP contribution is -2.53. The SMILES string of the molecule is CC1(N)CCCCC1C(=O)NCCc1csc(-c2ccccc2)n1. The highest BCUT2D eigenvalue weighted by Gasteiger charge is 2.37. The van der Waals surface area contributed by atoms with Crippen LogP contribution >= 0.6 is 11.3 Å². The number of nitrogens with one attached hydrogen (secondary N) is 1. The Hall–Kier alpha value is -1.72. The van der Waals surface area contributed by atoms with Gasteiger partial charge in [-0.05, 0) is 19.8 Å². The number of nitrogens with zero attached hydrogens (tertiary/aromatic N) is 1. The number of benzene rings is 1. The minimum atomic E-state index is -0.372. The highest BCUT2D eigenvalue weighted by Crippen LogP contribution is 2.31. The predicted molar refractivity (Wildman–Crippen MR) is 98.8 cm³/mol. The Morgan fingerprint density at radius 2 is 2.17 bits per heavy atom. The topological polar surface area (TPSA) is 68.0 Å². The molecule has 2 unspecified atom stereocenters. The standard InChI is InChI=1S/C19H25N3OS/c1-19(20)11-6-5-9-16(19)17(23)21-12-10-15-13-24-18(22-15)14-7-3-2-4-8-14/h2-4,7-8,13,16H,5-6,9-12,20H2,1H3,(H,21,23). The third-order valence-electron chi connectivity index (χ3n) is 4.82. The van der Waals surface area contributed by atoms with Gasteiger partial charge in [-0.15, -0.1) is 11.3 Å². The van der Waals surface area contributed by atoms with Crippen LogP contribution in [0.4, 0.5) is 0 Å². The minimum absolute atomic E-state index is 0.0680. The van der Waals surface area contributed by atoms with E-state index in [2.05, 4.69) is 27.8 Å². The molecule has 2 aromatic rings. The van der Waals surface area contributed by atoms with E-state index in [1.54, 1.807) is 11.3 Å². The highest BCUT2D eigenvalue weighted by atomic mass is 32.1. The van der Waals surface area contributed by atoms with Crippen LogP contribution in [-0.2, 0) is 11.2 Å². The lowest BCUT2D eigenvalue weighted by Gasteiger charge is -2.37. The minimum Gasteiger partial charge on any atom is -0.355 e. The fourth-order valence-electron chi connectivity index (χ4n) is 3.36. The molecule has 0 bridgehead atoms. The Morgan fingerprint density at radius 1 is 1.38 bits per heavy atom. The van der Waals surface area contributed by atoms with E-state index in [9.17, 15) is 4.79 Å². The van der Waals surface area contributed by atoms with Gasteiger partial charge in [0, 0.05) is 29.4 Å². The first-order valence-electron chi connectivity index (χ1n) is 8.63. The lowest BCUT2D eigenvalue weighted by molar-refractivity contribution is -0.128. The fraction of sp³-hybridized carbons (Fsp3) is 0.474. The fourth-order valence-corrected chi connectivity index (χ4v) is 4.22. The number of aromatic nitrogens is 1. The average Bonchev–Trinajstić information content (AvgIpc) is 3.04. The van der Waals surface area contributed by atoms with Crippen molar-refractivity contribution >= 4 is 17.2 Å². The molecule has 1 aliphatic rings. The van der Waals surface area contributed by atoms with Crippen molar-refractivity contribution in [2.24, 2.45) is 11.7 Å². The summed E-state index contributed by atoms with van der Waals surface area (Å²) in [6, 6.07) is 10.2. The molecule has 4 nitrogen and oxygen atoms in total. The molecular weight excluding hydrogens is 318 g/mol.